The van der Waals surface area contributed by atoms with Gasteiger partial charge in [0.15, 0.2) is 0 Å². The lowest BCUT2D eigenvalue weighted by atomic mass is 10.7. The van der Waals surface area contributed by atoms with Crippen molar-refractivity contribution in [3.05, 3.63) is 11.9 Å². The third-order valence-corrected chi connectivity index (χ3v) is 5.67. The van der Waals surface area contributed by atoms with Crippen molar-refractivity contribution in [2.45, 2.75) is 5.40 Å². The van der Waals surface area contributed by atoms with E-state index < -0.39 is 0 Å². The first-order chi connectivity index (χ1) is 2.97. The summed E-state index contributed by atoms with van der Waals surface area (Å²) in [7, 11) is 1.96. The molecule has 0 spiro atoms. The van der Waals surface area contributed by atoms with E-state index >= 15 is 0 Å². The maximum atomic E-state index is 2.40. The molecule has 2 heteroatoms. The summed E-state index contributed by atoms with van der Waals surface area (Å²) in [5.41, 5.74) is 2.40. The molecule has 6 heavy (non-hydrogen) atoms. The first-order valence-electron chi connectivity index (χ1n) is 1.96. The van der Waals surface area contributed by atoms with Crippen LogP contribution in [0.2, 0.25) is 0 Å². The largest absolute Gasteiger partial charge is 0.0906 e. The first-order valence-corrected chi connectivity index (χ1v) is 4.54. The van der Waals surface area contributed by atoms with E-state index in [0.717, 1.165) is 5.40 Å². The number of hydrogen-bond acceptors (Lipinski definition) is 0. The molecule has 0 aromatic rings. The Morgan fingerprint density at radius 1 is 1.67 bits per heavy atom. The van der Waals surface area contributed by atoms with Crippen LogP contribution in [0.4, 0.5) is 0 Å². The van der Waals surface area contributed by atoms with Crippen LogP contribution in [0, 0.1) is 0 Å². The van der Waals surface area contributed by atoms with Crippen LogP contribution in [-0.2, 0) is 0 Å². The fourth-order valence-corrected chi connectivity index (χ4v) is 3.73. The zero-order valence-electron chi connectivity index (χ0n) is 3.20. The molecule has 0 saturated carbocycles. The van der Waals surface area contributed by atoms with Crippen molar-refractivity contribution in [2.24, 2.45) is 0 Å². The zero-order valence-corrected chi connectivity index (χ0v) is 4.99. The molecule has 2 aliphatic rings. The van der Waals surface area contributed by atoms with Crippen LogP contribution >= 0.6 is 16.1 Å². The summed E-state index contributed by atoms with van der Waals surface area (Å²) >= 11 is 0. The molecule has 0 N–H and O–H groups in total. The molecule has 2 heterocycles. The van der Waals surface area contributed by atoms with Crippen molar-refractivity contribution in [1.29, 1.82) is 0 Å². The van der Waals surface area contributed by atoms with Gasteiger partial charge in [0.2, 0.25) is 0 Å². The lowest BCUT2D eigenvalue weighted by Crippen LogP contribution is -2.05. The van der Waals surface area contributed by atoms with E-state index in [4.69, 9.17) is 0 Å². The van der Waals surface area contributed by atoms with Gasteiger partial charge >= 0.3 is 0 Å². The van der Waals surface area contributed by atoms with Crippen LogP contribution in [-0.4, -0.2) is 10.9 Å². The Balaban J connectivity index is 2.40. The van der Waals surface area contributed by atoms with Gasteiger partial charge < -0.3 is 0 Å². The molecular weight excluding hydrogens is 110 g/mol. The SMILES string of the molecule is C1=CP2C=PC12. The molecule has 0 fully saturated rings. The summed E-state index contributed by atoms with van der Waals surface area (Å²) in [4.78, 5) is 0. The maximum absolute atomic E-state index is 2.40. The maximum Gasteiger partial charge on any atom is 0.0466 e. The fraction of sp³-hybridized carbons (Fsp3) is 0.250. The Labute approximate surface area is 39.8 Å². The fourth-order valence-electron chi connectivity index (χ4n) is 0.571. The van der Waals surface area contributed by atoms with Crippen LogP contribution in [0.15, 0.2) is 11.9 Å². The van der Waals surface area contributed by atoms with E-state index in [1.807, 2.05) is 0 Å². The van der Waals surface area contributed by atoms with Gasteiger partial charge in [-0.3, -0.25) is 0 Å². The van der Waals surface area contributed by atoms with Gasteiger partial charge in [-0.1, -0.05) is 20.1 Å². The molecule has 0 aliphatic carbocycles. The minimum absolute atomic E-state index is 0.384. The first kappa shape index (κ1) is 3.36. The van der Waals surface area contributed by atoms with Crippen molar-refractivity contribution in [3.63, 3.8) is 0 Å². The van der Waals surface area contributed by atoms with Crippen molar-refractivity contribution in [1.82, 2.24) is 0 Å². The summed E-state index contributed by atoms with van der Waals surface area (Å²) in [5.74, 6) is 2.33. The second kappa shape index (κ2) is 0.941. The third-order valence-electron chi connectivity index (χ3n) is 1.09. The number of hydrogen-bond donors (Lipinski definition) is 0. The van der Waals surface area contributed by atoms with Crippen LogP contribution in [0.3, 0.4) is 0 Å². The number of allylic oxidation sites excluding steroid dienone is 1. The quantitative estimate of drug-likeness (QED) is 0.422. The normalized spacial score (nSPS) is 49.3. The average molecular weight is 114 g/mol. The molecule has 0 aromatic carbocycles. The van der Waals surface area contributed by atoms with E-state index in [-0.39, 0.29) is 0 Å². The van der Waals surface area contributed by atoms with Crippen molar-refractivity contribution in [3.8, 4) is 0 Å². The van der Waals surface area contributed by atoms with E-state index in [1.54, 1.807) is 8.20 Å². The monoisotopic (exact) mass is 114 g/mol. The Hall–Kier alpha value is 0.340. The molecule has 0 saturated heterocycles. The van der Waals surface area contributed by atoms with Gasteiger partial charge in [0.05, 0.1) is 0 Å². The number of rotatable bonds is 0. The Morgan fingerprint density at radius 3 is 2.50 bits per heavy atom. The van der Waals surface area contributed by atoms with E-state index in [9.17, 15) is 0 Å². The summed E-state index contributed by atoms with van der Waals surface area (Å²) in [5, 5.41) is 1.01. The van der Waals surface area contributed by atoms with Gasteiger partial charge in [0, 0.05) is 5.40 Å². The van der Waals surface area contributed by atoms with Crippen molar-refractivity contribution in [2.75, 3.05) is 0 Å². The lowest BCUT2D eigenvalue weighted by Gasteiger charge is -2.30. The summed E-state index contributed by atoms with van der Waals surface area (Å²) in [6.45, 7) is 0. The van der Waals surface area contributed by atoms with E-state index in [1.165, 1.54) is 0 Å². The molecule has 0 nitrogen and oxygen atoms in total. The standard InChI is InChI=1S/C4H4P2/c1-2-6-3-5-4(1)6/h1-4H. The van der Waals surface area contributed by atoms with Gasteiger partial charge in [-0.2, -0.15) is 0 Å². The van der Waals surface area contributed by atoms with Gasteiger partial charge in [0.25, 0.3) is 0 Å². The number of fused-ring (bicyclic) bond motifs is 1. The minimum Gasteiger partial charge on any atom is -0.0906 e. The molecule has 0 radical (unpaired) electrons. The van der Waals surface area contributed by atoms with E-state index in [2.05, 4.69) is 17.4 Å². The van der Waals surface area contributed by atoms with Crippen LogP contribution in [0.5, 0.6) is 0 Å². The molecule has 30 valence electrons. The minimum atomic E-state index is 0.384. The topological polar surface area (TPSA) is 0 Å². The molecule has 2 atom stereocenters. The second-order valence-corrected chi connectivity index (χ2v) is 5.40. The molecule has 0 amide bonds. The highest BCUT2D eigenvalue weighted by Gasteiger charge is 2.25. The van der Waals surface area contributed by atoms with E-state index in [0.29, 0.717) is 7.92 Å². The molecule has 0 aromatic heterocycles. The highest BCUT2D eigenvalue weighted by atomic mass is 31.2. The summed E-state index contributed by atoms with van der Waals surface area (Å²) < 4.78 is 0. The molecule has 2 unspecified atom stereocenters. The highest BCUT2D eigenvalue weighted by molar-refractivity contribution is 7.98. The Morgan fingerprint density at radius 2 is 2.50 bits per heavy atom. The molecule has 2 aliphatic heterocycles. The van der Waals surface area contributed by atoms with Crippen LogP contribution in [0.25, 0.3) is 0 Å². The second-order valence-electron chi connectivity index (χ2n) is 1.47. The highest BCUT2D eigenvalue weighted by Crippen LogP contribution is 2.62. The third kappa shape index (κ3) is 0.235. The lowest BCUT2D eigenvalue weighted by molar-refractivity contribution is 1.58. The van der Waals surface area contributed by atoms with Gasteiger partial charge in [0.1, 0.15) is 0 Å². The van der Waals surface area contributed by atoms with Crippen molar-refractivity contribution < 1.29 is 0 Å². The predicted molar refractivity (Wildman–Crippen MR) is 32.8 cm³/mol. The van der Waals surface area contributed by atoms with Crippen molar-refractivity contribution >= 4 is 21.7 Å². The van der Waals surface area contributed by atoms with Crippen LogP contribution < -0.4 is 0 Å². The van der Waals surface area contributed by atoms with Gasteiger partial charge in [-0.15, -0.1) is 0 Å². The molecule has 2 rings (SSSR count). The summed E-state index contributed by atoms with van der Waals surface area (Å²) in [6.07, 6.45) is 2.31. The Bertz CT molecular complexity index is 97.5. The zero-order chi connectivity index (χ0) is 3.98. The van der Waals surface area contributed by atoms with Gasteiger partial charge in [-0.05, 0) is 13.5 Å². The Kier molecular flexibility index (Phi) is 0.526. The molecule has 0 bridgehead atoms. The molecular formula is C4H4P2. The van der Waals surface area contributed by atoms with Crippen LogP contribution in [0.1, 0.15) is 0 Å². The predicted octanol–water partition coefficient (Wildman–Crippen LogP) is 2.04. The smallest absolute Gasteiger partial charge is 0.0466 e. The summed E-state index contributed by atoms with van der Waals surface area (Å²) in [6, 6.07) is 0. The average Bonchev–Trinajstić information content (AvgIpc) is 1.54. The van der Waals surface area contributed by atoms with Gasteiger partial charge in [-0.25, -0.2) is 0 Å².